The molecule has 0 unspecified atom stereocenters. The fraction of sp³-hybridized carbons (Fsp3) is 0.316. The van der Waals surface area contributed by atoms with Crippen molar-refractivity contribution in [2.75, 3.05) is 5.32 Å². The minimum atomic E-state index is -0.342. The molecule has 0 heterocycles. The summed E-state index contributed by atoms with van der Waals surface area (Å²) in [5.41, 5.74) is 1.76. The zero-order valence-electron chi connectivity index (χ0n) is 13.4. The minimum Gasteiger partial charge on any atom is -0.323 e. The van der Waals surface area contributed by atoms with E-state index in [1.54, 1.807) is 18.2 Å². The maximum Gasteiger partial charge on any atom is 0.241 e. The Bertz CT molecular complexity index is 717. The molecule has 1 amide bonds. The Labute approximate surface area is 152 Å². The van der Waals surface area contributed by atoms with E-state index in [0.29, 0.717) is 21.7 Å². The molecule has 0 saturated heterocycles. The van der Waals surface area contributed by atoms with Gasteiger partial charge in [-0.15, -0.1) is 0 Å². The standard InChI is InChI=1S/C19H20Cl2N2O/c1-12(19(24)23-16-9-5-8-15(20)17(16)21)22-18(14-10-11-14)13-6-3-2-4-7-13/h2-9,12,14,18,22H,10-11H2,1H3,(H,23,24)/t12-,18-/m0/s1. The van der Waals surface area contributed by atoms with Crippen molar-refractivity contribution in [3.8, 4) is 0 Å². The van der Waals surface area contributed by atoms with Crippen LogP contribution in [0.5, 0.6) is 0 Å². The van der Waals surface area contributed by atoms with E-state index in [0.717, 1.165) is 0 Å². The Balaban J connectivity index is 1.68. The molecule has 2 aromatic carbocycles. The lowest BCUT2D eigenvalue weighted by atomic mass is 10.0. The van der Waals surface area contributed by atoms with Crippen LogP contribution < -0.4 is 10.6 Å². The predicted octanol–water partition coefficient (Wildman–Crippen LogP) is 5.06. The lowest BCUT2D eigenvalue weighted by molar-refractivity contribution is -0.118. The summed E-state index contributed by atoms with van der Waals surface area (Å²) >= 11 is 12.1. The number of amides is 1. The second kappa shape index (κ2) is 7.56. The van der Waals surface area contributed by atoms with Crippen LogP contribution in [0.25, 0.3) is 0 Å². The second-order valence-electron chi connectivity index (χ2n) is 6.20. The van der Waals surface area contributed by atoms with Crippen LogP contribution >= 0.6 is 23.2 Å². The molecule has 0 aliphatic heterocycles. The number of hydrogen-bond donors (Lipinski definition) is 2. The highest BCUT2D eigenvalue weighted by atomic mass is 35.5. The van der Waals surface area contributed by atoms with E-state index in [-0.39, 0.29) is 18.0 Å². The van der Waals surface area contributed by atoms with Gasteiger partial charge in [-0.1, -0.05) is 59.6 Å². The molecule has 0 radical (unpaired) electrons. The molecular weight excluding hydrogens is 343 g/mol. The summed E-state index contributed by atoms with van der Waals surface area (Å²) in [5, 5.41) is 7.10. The Morgan fingerprint density at radius 1 is 1.08 bits per heavy atom. The maximum absolute atomic E-state index is 12.5. The molecular formula is C19H20Cl2N2O. The van der Waals surface area contributed by atoms with Gasteiger partial charge in [-0.05, 0) is 43.4 Å². The first-order valence-corrected chi connectivity index (χ1v) is 8.87. The number of rotatable bonds is 6. The molecule has 2 atom stereocenters. The zero-order chi connectivity index (χ0) is 17.1. The number of carbonyl (C=O) groups excluding carboxylic acids is 1. The molecule has 3 nitrogen and oxygen atoms in total. The smallest absolute Gasteiger partial charge is 0.241 e. The lowest BCUT2D eigenvalue weighted by Crippen LogP contribution is -2.41. The van der Waals surface area contributed by atoms with Crippen LogP contribution in [0.15, 0.2) is 48.5 Å². The number of carbonyl (C=O) groups is 1. The van der Waals surface area contributed by atoms with Crippen LogP contribution in [0.4, 0.5) is 5.69 Å². The van der Waals surface area contributed by atoms with Gasteiger partial charge < -0.3 is 5.32 Å². The third-order valence-corrected chi connectivity index (χ3v) is 5.10. The number of hydrogen-bond acceptors (Lipinski definition) is 2. The fourth-order valence-corrected chi connectivity index (χ4v) is 3.13. The van der Waals surface area contributed by atoms with Crippen LogP contribution in [0.3, 0.4) is 0 Å². The first kappa shape index (κ1) is 17.3. The summed E-state index contributed by atoms with van der Waals surface area (Å²) in [6.45, 7) is 1.87. The quantitative estimate of drug-likeness (QED) is 0.753. The highest BCUT2D eigenvalue weighted by Gasteiger charge is 2.34. The van der Waals surface area contributed by atoms with Gasteiger partial charge in [-0.2, -0.15) is 0 Å². The summed E-state index contributed by atoms with van der Waals surface area (Å²) in [7, 11) is 0. The van der Waals surface area contributed by atoms with Crippen molar-refractivity contribution in [1.82, 2.24) is 5.32 Å². The highest BCUT2D eigenvalue weighted by Crippen LogP contribution is 2.41. The Morgan fingerprint density at radius 2 is 1.79 bits per heavy atom. The molecule has 1 aliphatic carbocycles. The third kappa shape index (κ3) is 4.10. The number of anilines is 1. The largest absolute Gasteiger partial charge is 0.323 e. The molecule has 1 saturated carbocycles. The van der Waals surface area contributed by atoms with Crippen LogP contribution in [0, 0.1) is 5.92 Å². The number of benzene rings is 2. The monoisotopic (exact) mass is 362 g/mol. The minimum absolute atomic E-state index is 0.124. The van der Waals surface area contributed by atoms with Crippen LogP contribution in [-0.2, 0) is 4.79 Å². The molecule has 2 aromatic rings. The molecule has 0 bridgehead atoms. The molecule has 24 heavy (non-hydrogen) atoms. The summed E-state index contributed by atoms with van der Waals surface area (Å²) in [5.74, 6) is 0.471. The molecule has 2 N–H and O–H groups in total. The predicted molar refractivity (Wildman–Crippen MR) is 99.6 cm³/mol. The summed E-state index contributed by atoms with van der Waals surface area (Å²) in [6.07, 6.45) is 2.39. The molecule has 0 spiro atoms. The first-order valence-electron chi connectivity index (χ1n) is 8.12. The van der Waals surface area contributed by atoms with E-state index in [9.17, 15) is 4.79 Å². The van der Waals surface area contributed by atoms with Gasteiger partial charge in [0.15, 0.2) is 0 Å². The average Bonchev–Trinajstić information content (AvgIpc) is 3.42. The SMILES string of the molecule is C[C@H](N[C@@H](c1ccccc1)C1CC1)C(=O)Nc1cccc(Cl)c1Cl. The first-order chi connectivity index (χ1) is 11.6. The van der Waals surface area contributed by atoms with Crippen molar-refractivity contribution < 1.29 is 4.79 Å². The van der Waals surface area contributed by atoms with Crippen LogP contribution in [-0.4, -0.2) is 11.9 Å². The van der Waals surface area contributed by atoms with Crippen molar-refractivity contribution in [1.29, 1.82) is 0 Å². The molecule has 5 heteroatoms. The summed E-state index contributed by atoms with van der Waals surface area (Å²) in [4.78, 5) is 12.5. The number of nitrogens with one attached hydrogen (secondary N) is 2. The van der Waals surface area contributed by atoms with Gasteiger partial charge in [-0.25, -0.2) is 0 Å². The molecule has 0 aromatic heterocycles. The van der Waals surface area contributed by atoms with E-state index in [4.69, 9.17) is 23.2 Å². The van der Waals surface area contributed by atoms with Crippen molar-refractivity contribution in [2.45, 2.75) is 31.8 Å². The van der Waals surface area contributed by atoms with Crippen LogP contribution in [0.2, 0.25) is 10.0 Å². The third-order valence-electron chi connectivity index (χ3n) is 4.28. The molecule has 126 valence electrons. The fourth-order valence-electron chi connectivity index (χ4n) is 2.78. The van der Waals surface area contributed by atoms with Crippen molar-refractivity contribution >= 4 is 34.8 Å². The van der Waals surface area contributed by atoms with Gasteiger partial charge in [0.2, 0.25) is 5.91 Å². The topological polar surface area (TPSA) is 41.1 Å². The molecule has 3 rings (SSSR count). The van der Waals surface area contributed by atoms with E-state index in [2.05, 4.69) is 22.8 Å². The van der Waals surface area contributed by atoms with E-state index in [1.165, 1.54) is 18.4 Å². The molecule has 1 fully saturated rings. The van der Waals surface area contributed by atoms with Gasteiger partial charge in [-0.3, -0.25) is 10.1 Å². The van der Waals surface area contributed by atoms with Gasteiger partial charge in [0.05, 0.1) is 21.8 Å². The van der Waals surface area contributed by atoms with Crippen molar-refractivity contribution in [3.63, 3.8) is 0 Å². The lowest BCUT2D eigenvalue weighted by Gasteiger charge is -2.23. The molecule has 1 aliphatic rings. The van der Waals surface area contributed by atoms with Crippen molar-refractivity contribution in [2.24, 2.45) is 5.92 Å². The summed E-state index contributed by atoms with van der Waals surface area (Å²) < 4.78 is 0. The van der Waals surface area contributed by atoms with Crippen LogP contribution in [0.1, 0.15) is 31.4 Å². The van der Waals surface area contributed by atoms with E-state index < -0.39 is 0 Å². The van der Waals surface area contributed by atoms with E-state index >= 15 is 0 Å². The van der Waals surface area contributed by atoms with Gasteiger partial charge in [0.25, 0.3) is 0 Å². The normalized spacial score (nSPS) is 16.5. The Hall–Kier alpha value is -1.55. The van der Waals surface area contributed by atoms with Gasteiger partial charge in [0, 0.05) is 6.04 Å². The van der Waals surface area contributed by atoms with Gasteiger partial charge >= 0.3 is 0 Å². The van der Waals surface area contributed by atoms with E-state index in [1.807, 2.05) is 25.1 Å². The Kier molecular flexibility index (Phi) is 5.44. The highest BCUT2D eigenvalue weighted by molar-refractivity contribution is 6.44. The average molecular weight is 363 g/mol. The maximum atomic E-state index is 12.5. The van der Waals surface area contributed by atoms with Crippen molar-refractivity contribution in [3.05, 3.63) is 64.1 Å². The second-order valence-corrected chi connectivity index (χ2v) is 6.99. The number of halogens is 2. The Morgan fingerprint density at radius 3 is 2.46 bits per heavy atom. The summed E-state index contributed by atoms with van der Waals surface area (Å²) in [6, 6.07) is 15.3. The van der Waals surface area contributed by atoms with Gasteiger partial charge in [0.1, 0.15) is 0 Å². The zero-order valence-corrected chi connectivity index (χ0v) is 14.9.